The highest BCUT2D eigenvalue weighted by Gasteiger charge is 2.50. The zero-order chi connectivity index (χ0) is 23.8. The molecule has 2 rings (SSSR count). The van der Waals surface area contributed by atoms with Crippen LogP contribution in [0.2, 0.25) is 5.04 Å². The molecule has 8 heteroatoms. The molecule has 2 aromatic rings. The molecule has 0 saturated carbocycles. The van der Waals surface area contributed by atoms with Crippen LogP contribution in [0.5, 0.6) is 0 Å². The Hall–Kier alpha value is -2.80. The molecule has 0 fully saturated rings. The van der Waals surface area contributed by atoms with Gasteiger partial charge in [-0.25, -0.2) is 4.79 Å². The molecule has 0 spiro atoms. The summed E-state index contributed by atoms with van der Waals surface area (Å²) in [5.74, 6) is 0. The Labute approximate surface area is 191 Å². The second kappa shape index (κ2) is 10.7. The van der Waals surface area contributed by atoms with Gasteiger partial charge in [0.25, 0.3) is 8.32 Å². The van der Waals surface area contributed by atoms with Gasteiger partial charge in [-0.3, -0.25) is 0 Å². The first-order valence-electron chi connectivity index (χ1n) is 10.7. The fourth-order valence-electron chi connectivity index (χ4n) is 3.74. The van der Waals surface area contributed by atoms with Crippen molar-refractivity contribution in [3.05, 3.63) is 71.1 Å². The molecule has 32 heavy (non-hydrogen) atoms. The molecule has 172 valence electrons. The smallest absolute Gasteiger partial charge is 0.407 e. The minimum absolute atomic E-state index is 0.0634. The van der Waals surface area contributed by atoms with Crippen LogP contribution < -0.4 is 15.7 Å². The summed E-state index contributed by atoms with van der Waals surface area (Å²) in [5, 5.41) is 8.55. The lowest BCUT2D eigenvalue weighted by molar-refractivity contribution is 0.0489. The summed E-state index contributed by atoms with van der Waals surface area (Å²) in [6, 6.07) is 20.0. The topological polar surface area (TPSA) is 96.3 Å². The Kier molecular flexibility index (Phi) is 8.49. The average molecular weight is 455 g/mol. The number of azide groups is 1. The number of hydrogen-bond acceptors (Lipinski definition) is 4. The van der Waals surface area contributed by atoms with Crippen molar-refractivity contribution in [3.63, 3.8) is 0 Å². The lowest BCUT2D eigenvalue weighted by Crippen LogP contribution is -2.67. The van der Waals surface area contributed by atoms with Gasteiger partial charge in [0.15, 0.2) is 0 Å². The maximum absolute atomic E-state index is 12.4. The van der Waals surface area contributed by atoms with Crippen LogP contribution in [-0.4, -0.2) is 39.2 Å². The monoisotopic (exact) mass is 454 g/mol. The molecule has 0 heterocycles. The predicted octanol–water partition coefficient (Wildman–Crippen LogP) is 4.77. The molecule has 0 unspecified atom stereocenters. The van der Waals surface area contributed by atoms with E-state index in [1.807, 2.05) is 36.4 Å². The van der Waals surface area contributed by atoms with Gasteiger partial charge < -0.3 is 14.5 Å². The van der Waals surface area contributed by atoms with Crippen LogP contribution in [0.4, 0.5) is 4.79 Å². The Morgan fingerprint density at radius 2 is 1.50 bits per heavy atom. The summed E-state index contributed by atoms with van der Waals surface area (Å²) in [7, 11) is -2.78. The summed E-state index contributed by atoms with van der Waals surface area (Å²) >= 11 is 0. The first-order valence-corrected chi connectivity index (χ1v) is 12.7. The van der Waals surface area contributed by atoms with Crippen LogP contribution in [0, 0.1) is 0 Å². The Morgan fingerprint density at radius 1 is 1.00 bits per heavy atom. The van der Waals surface area contributed by atoms with E-state index in [4.69, 9.17) is 14.7 Å². The third kappa shape index (κ3) is 6.60. The first kappa shape index (κ1) is 25.5. The fourth-order valence-corrected chi connectivity index (χ4v) is 8.34. The minimum Gasteiger partial charge on any atom is -0.444 e. The summed E-state index contributed by atoms with van der Waals surface area (Å²) in [6.07, 6.45) is -0.568. The van der Waals surface area contributed by atoms with Gasteiger partial charge in [0, 0.05) is 11.5 Å². The van der Waals surface area contributed by atoms with Crippen molar-refractivity contribution in [2.24, 2.45) is 5.11 Å². The lowest BCUT2D eigenvalue weighted by Gasteiger charge is -2.43. The van der Waals surface area contributed by atoms with E-state index in [1.165, 1.54) is 0 Å². The van der Waals surface area contributed by atoms with E-state index in [-0.39, 0.29) is 18.2 Å². The molecule has 0 aliphatic rings. The highest BCUT2D eigenvalue weighted by molar-refractivity contribution is 6.99. The fraction of sp³-hybridized carbons (Fsp3) is 0.458. The predicted molar refractivity (Wildman–Crippen MR) is 131 cm³/mol. The number of hydrogen-bond donors (Lipinski definition) is 1. The largest absolute Gasteiger partial charge is 0.444 e. The highest BCUT2D eigenvalue weighted by atomic mass is 28.4. The Balaban J connectivity index is 2.43. The molecule has 0 bridgehead atoms. The van der Waals surface area contributed by atoms with Gasteiger partial charge in [0.2, 0.25) is 0 Å². The molecule has 0 aliphatic heterocycles. The molecule has 0 aliphatic carbocycles. The van der Waals surface area contributed by atoms with Crippen LogP contribution in [0.25, 0.3) is 10.4 Å². The average Bonchev–Trinajstić information content (AvgIpc) is 2.71. The molecule has 0 aromatic heterocycles. The summed E-state index contributed by atoms with van der Waals surface area (Å²) < 4.78 is 12.2. The van der Waals surface area contributed by atoms with Crippen molar-refractivity contribution >= 4 is 24.8 Å². The molecule has 1 atom stereocenters. The molecule has 0 radical (unpaired) electrons. The third-order valence-electron chi connectivity index (χ3n) is 5.00. The van der Waals surface area contributed by atoms with E-state index in [0.29, 0.717) is 0 Å². The number of alkyl carbamates (subject to hydrolysis) is 1. The molecular weight excluding hydrogens is 420 g/mol. The summed E-state index contributed by atoms with van der Waals surface area (Å²) in [6.45, 7) is 12.2. The maximum atomic E-state index is 12.4. The number of ether oxygens (including phenoxy) is 1. The van der Waals surface area contributed by atoms with E-state index < -0.39 is 26.1 Å². The van der Waals surface area contributed by atoms with E-state index >= 15 is 0 Å². The zero-order valence-corrected chi connectivity index (χ0v) is 20.8. The van der Waals surface area contributed by atoms with Gasteiger partial charge in [0.05, 0.1) is 12.6 Å². The van der Waals surface area contributed by atoms with Crippen molar-refractivity contribution < 1.29 is 14.0 Å². The van der Waals surface area contributed by atoms with Crippen LogP contribution in [0.15, 0.2) is 65.8 Å². The van der Waals surface area contributed by atoms with Crippen LogP contribution in [0.3, 0.4) is 0 Å². The molecule has 1 amide bonds. The quantitative estimate of drug-likeness (QED) is 0.269. The lowest BCUT2D eigenvalue weighted by atomic mass is 10.2. The van der Waals surface area contributed by atoms with Crippen molar-refractivity contribution in [1.82, 2.24) is 5.32 Å². The number of rotatable bonds is 8. The van der Waals surface area contributed by atoms with Crippen LogP contribution in [-0.2, 0) is 9.16 Å². The van der Waals surface area contributed by atoms with E-state index in [2.05, 4.69) is 60.4 Å². The number of nitrogens with zero attached hydrogens (tertiary/aromatic N) is 3. The Bertz CT molecular complexity index is 878. The molecule has 1 N–H and O–H groups in total. The summed E-state index contributed by atoms with van der Waals surface area (Å²) in [4.78, 5) is 15.2. The molecule has 7 nitrogen and oxygen atoms in total. The third-order valence-corrected chi connectivity index (χ3v) is 10.0. The van der Waals surface area contributed by atoms with Crippen LogP contribution in [0.1, 0.15) is 41.5 Å². The second-order valence-corrected chi connectivity index (χ2v) is 14.0. The van der Waals surface area contributed by atoms with Gasteiger partial charge in [-0.15, -0.1) is 0 Å². The van der Waals surface area contributed by atoms with Gasteiger partial charge in [-0.05, 0) is 41.7 Å². The second-order valence-electron chi connectivity index (χ2n) is 9.73. The van der Waals surface area contributed by atoms with Gasteiger partial charge >= 0.3 is 6.09 Å². The van der Waals surface area contributed by atoms with Crippen LogP contribution >= 0.6 is 0 Å². The van der Waals surface area contributed by atoms with Crippen molar-refractivity contribution in [1.29, 1.82) is 0 Å². The van der Waals surface area contributed by atoms with E-state index in [0.717, 1.165) is 10.4 Å². The Morgan fingerprint density at radius 3 is 1.91 bits per heavy atom. The van der Waals surface area contributed by atoms with E-state index in [9.17, 15) is 4.79 Å². The van der Waals surface area contributed by atoms with Crippen molar-refractivity contribution in [2.75, 3.05) is 13.2 Å². The van der Waals surface area contributed by atoms with Crippen molar-refractivity contribution in [3.8, 4) is 0 Å². The number of nitrogens with one attached hydrogen (secondary N) is 1. The number of carbonyl (C=O) groups is 1. The molecular formula is C24H34N4O3Si. The van der Waals surface area contributed by atoms with E-state index in [1.54, 1.807) is 20.8 Å². The summed E-state index contributed by atoms with van der Waals surface area (Å²) in [5.41, 5.74) is 8.20. The molecule has 2 aromatic carbocycles. The normalized spacial score (nSPS) is 13.1. The SMILES string of the molecule is CC(C)(C)OC(=O)N[C@H](CN=[N+]=[N-])CO[Si](c1ccccc1)(c1ccccc1)C(C)(C)C. The number of carbonyl (C=O) groups excluding carboxylic acids is 1. The minimum atomic E-state index is -2.78. The zero-order valence-electron chi connectivity index (χ0n) is 19.8. The van der Waals surface area contributed by atoms with Gasteiger partial charge in [0.1, 0.15) is 5.60 Å². The van der Waals surface area contributed by atoms with Gasteiger partial charge in [-0.1, -0.05) is 86.5 Å². The number of amides is 1. The number of benzene rings is 2. The van der Waals surface area contributed by atoms with Gasteiger partial charge in [-0.2, -0.15) is 0 Å². The standard InChI is InChI=1S/C24H34N4O3Si/c1-23(2,3)31-22(29)27-19(17-26-28-25)18-30-32(24(4,5)6,20-13-9-7-10-14-20)21-15-11-8-12-16-21/h7-16,19H,17-18H2,1-6H3,(H,27,29)/t19-/m1/s1. The maximum Gasteiger partial charge on any atom is 0.407 e. The highest BCUT2D eigenvalue weighted by Crippen LogP contribution is 2.36. The molecule has 0 saturated heterocycles. The van der Waals surface area contributed by atoms with Crippen molar-refractivity contribution in [2.45, 2.75) is 58.2 Å². The first-order chi connectivity index (χ1) is 15.0.